The van der Waals surface area contributed by atoms with E-state index in [-0.39, 0.29) is 18.3 Å². The number of phenolic OH excluding ortho intramolecular Hbond substituents is 1. The summed E-state index contributed by atoms with van der Waals surface area (Å²) in [5, 5.41) is 13.5. The number of carbonyl (C=O) groups excluding carboxylic acids is 1. The largest absolute Gasteiger partial charge is 0.507 e. The Morgan fingerprint density at radius 3 is 2.72 bits per heavy atom. The number of benzene rings is 2. The van der Waals surface area contributed by atoms with Gasteiger partial charge in [-0.25, -0.2) is 5.43 Å². The molecule has 5 nitrogen and oxygen atoms in total. The minimum atomic E-state index is -0.378. The average molecular weight is 405 g/mol. The van der Waals surface area contributed by atoms with Crippen LogP contribution in [0.25, 0.3) is 0 Å². The van der Waals surface area contributed by atoms with Crippen LogP contribution in [0.1, 0.15) is 37.3 Å². The summed E-state index contributed by atoms with van der Waals surface area (Å²) in [7, 11) is 0. The summed E-state index contributed by atoms with van der Waals surface area (Å²) in [6.07, 6.45) is 2.45. The summed E-state index contributed by atoms with van der Waals surface area (Å²) >= 11 is 3.31. The van der Waals surface area contributed by atoms with Crippen molar-refractivity contribution in [2.24, 2.45) is 5.10 Å². The van der Waals surface area contributed by atoms with E-state index >= 15 is 0 Å². The monoisotopic (exact) mass is 404 g/mol. The fourth-order valence-electron chi connectivity index (χ4n) is 2.11. The number of ether oxygens (including phenoxy) is 1. The Labute approximate surface area is 155 Å². The number of carbonyl (C=O) groups is 1. The maximum absolute atomic E-state index is 11.8. The third kappa shape index (κ3) is 5.90. The molecule has 0 spiro atoms. The first-order chi connectivity index (χ1) is 12.0. The SMILES string of the molecule is CC[C@@H](C)c1ccc(OCC(=O)N/N=C/c2cc(Br)ccc2O)cc1. The normalized spacial score (nSPS) is 12.1. The van der Waals surface area contributed by atoms with Crippen LogP contribution in [0.3, 0.4) is 0 Å². The van der Waals surface area contributed by atoms with Gasteiger partial charge < -0.3 is 9.84 Å². The molecule has 0 fully saturated rings. The molecule has 2 N–H and O–H groups in total. The molecule has 0 radical (unpaired) electrons. The Morgan fingerprint density at radius 1 is 1.32 bits per heavy atom. The topological polar surface area (TPSA) is 70.9 Å². The maximum Gasteiger partial charge on any atom is 0.277 e. The van der Waals surface area contributed by atoms with Crippen LogP contribution in [0, 0.1) is 0 Å². The zero-order chi connectivity index (χ0) is 18.2. The van der Waals surface area contributed by atoms with Crippen LogP contribution in [0.5, 0.6) is 11.5 Å². The van der Waals surface area contributed by atoms with Gasteiger partial charge in [0.1, 0.15) is 11.5 Å². The van der Waals surface area contributed by atoms with E-state index in [0.29, 0.717) is 17.2 Å². The van der Waals surface area contributed by atoms with Crippen LogP contribution in [-0.2, 0) is 4.79 Å². The van der Waals surface area contributed by atoms with Gasteiger partial charge >= 0.3 is 0 Å². The Morgan fingerprint density at radius 2 is 2.04 bits per heavy atom. The summed E-state index contributed by atoms with van der Waals surface area (Å²) in [6.45, 7) is 4.18. The van der Waals surface area contributed by atoms with Crippen molar-refractivity contribution < 1.29 is 14.6 Å². The van der Waals surface area contributed by atoms with Crippen LogP contribution in [0.4, 0.5) is 0 Å². The van der Waals surface area contributed by atoms with Crippen LogP contribution >= 0.6 is 15.9 Å². The number of hydrogen-bond acceptors (Lipinski definition) is 4. The number of rotatable bonds is 7. The minimum Gasteiger partial charge on any atom is -0.507 e. The van der Waals surface area contributed by atoms with Gasteiger partial charge in [0.2, 0.25) is 0 Å². The second kappa shape index (κ2) is 9.22. The van der Waals surface area contributed by atoms with Gasteiger partial charge in [-0.1, -0.05) is 41.9 Å². The van der Waals surface area contributed by atoms with E-state index < -0.39 is 0 Å². The second-order valence-electron chi connectivity index (χ2n) is 5.66. The van der Waals surface area contributed by atoms with Gasteiger partial charge in [-0.2, -0.15) is 5.10 Å². The molecule has 0 aliphatic carbocycles. The number of amides is 1. The lowest BCUT2D eigenvalue weighted by molar-refractivity contribution is -0.123. The highest BCUT2D eigenvalue weighted by Gasteiger charge is 2.05. The molecular weight excluding hydrogens is 384 g/mol. The second-order valence-corrected chi connectivity index (χ2v) is 6.58. The quantitative estimate of drug-likeness (QED) is 0.536. The van der Waals surface area contributed by atoms with Crippen molar-refractivity contribution in [3.8, 4) is 11.5 Å². The molecule has 1 atom stereocenters. The molecule has 0 aliphatic rings. The minimum absolute atomic E-state index is 0.0823. The molecule has 0 bridgehead atoms. The summed E-state index contributed by atoms with van der Waals surface area (Å²) in [5.41, 5.74) is 4.11. The van der Waals surface area contributed by atoms with Crippen LogP contribution in [0.15, 0.2) is 52.0 Å². The molecular formula is C19H21BrN2O3. The number of hydrazone groups is 1. The van der Waals surface area contributed by atoms with E-state index in [1.165, 1.54) is 11.8 Å². The number of hydrogen-bond donors (Lipinski definition) is 2. The van der Waals surface area contributed by atoms with Crippen LogP contribution in [0.2, 0.25) is 0 Å². The van der Waals surface area contributed by atoms with Crippen molar-refractivity contribution in [3.05, 3.63) is 58.1 Å². The predicted octanol–water partition coefficient (Wildman–Crippen LogP) is 4.20. The average Bonchev–Trinajstić information content (AvgIpc) is 2.62. The van der Waals surface area contributed by atoms with E-state index in [4.69, 9.17) is 4.74 Å². The number of nitrogens with one attached hydrogen (secondary N) is 1. The maximum atomic E-state index is 11.8. The van der Waals surface area contributed by atoms with Crippen LogP contribution < -0.4 is 10.2 Å². The lowest BCUT2D eigenvalue weighted by Crippen LogP contribution is -2.24. The molecule has 0 aliphatic heterocycles. The number of nitrogens with zero attached hydrogens (tertiary/aromatic N) is 1. The van der Waals surface area contributed by atoms with Gasteiger partial charge in [0.25, 0.3) is 5.91 Å². The lowest BCUT2D eigenvalue weighted by Gasteiger charge is -2.10. The van der Waals surface area contributed by atoms with Gasteiger partial charge in [0.05, 0.1) is 6.21 Å². The Hall–Kier alpha value is -2.34. The van der Waals surface area contributed by atoms with Crippen molar-refractivity contribution in [3.63, 3.8) is 0 Å². The first-order valence-electron chi connectivity index (χ1n) is 8.02. The summed E-state index contributed by atoms with van der Waals surface area (Å²) in [4.78, 5) is 11.8. The smallest absolute Gasteiger partial charge is 0.277 e. The highest BCUT2D eigenvalue weighted by atomic mass is 79.9. The summed E-state index contributed by atoms with van der Waals surface area (Å²) < 4.78 is 6.25. The highest BCUT2D eigenvalue weighted by molar-refractivity contribution is 9.10. The highest BCUT2D eigenvalue weighted by Crippen LogP contribution is 2.21. The molecule has 0 aromatic heterocycles. The summed E-state index contributed by atoms with van der Waals surface area (Å²) in [5.74, 6) is 0.840. The molecule has 0 heterocycles. The van der Waals surface area contributed by atoms with E-state index in [1.807, 2.05) is 24.3 Å². The van der Waals surface area contributed by atoms with Gasteiger partial charge in [0, 0.05) is 10.0 Å². The predicted molar refractivity (Wildman–Crippen MR) is 102 cm³/mol. The molecule has 2 rings (SSSR count). The number of phenols is 1. The molecule has 0 unspecified atom stereocenters. The lowest BCUT2D eigenvalue weighted by atomic mass is 9.99. The third-order valence-electron chi connectivity index (χ3n) is 3.81. The van der Waals surface area contributed by atoms with Crippen molar-refractivity contribution in [1.82, 2.24) is 5.43 Å². The van der Waals surface area contributed by atoms with Crippen molar-refractivity contribution >= 4 is 28.1 Å². The zero-order valence-electron chi connectivity index (χ0n) is 14.2. The van der Waals surface area contributed by atoms with Crippen molar-refractivity contribution in [2.75, 3.05) is 6.61 Å². The summed E-state index contributed by atoms with van der Waals surface area (Å²) in [6, 6.07) is 12.7. The van der Waals surface area contributed by atoms with Crippen molar-refractivity contribution in [2.45, 2.75) is 26.2 Å². The Bertz CT molecular complexity index is 745. The fourth-order valence-corrected chi connectivity index (χ4v) is 2.49. The van der Waals surface area contributed by atoms with E-state index in [9.17, 15) is 9.90 Å². The molecule has 1 amide bonds. The van der Waals surface area contributed by atoms with Gasteiger partial charge in [-0.15, -0.1) is 0 Å². The molecule has 0 saturated heterocycles. The molecule has 132 valence electrons. The van der Waals surface area contributed by atoms with Gasteiger partial charge in [0.15, 0.2) is 6.61 Å². The van der Waals surface area contributed by atoms with E-state index in [2.05, 4.69) is 40.3 Å². The Balaban J connectivity index is 1.82. The van der Waals surface area contributed by atoms with E-state index in [0.717, 1.165) is 10.9 Å². The third-order valence-corrected chi connectivity index (χ3v) is 4.31. The standard InChI is InChI=1S/C19H21BrN2O3/c1-3-13(2)14-4-7-17(8-5-14)25-12-19(24)22-21-11-15-10-16(20)6-9-18(15)23/h4-11,13,23H,3,12H2,1-2H3,(H,22,24)/b21-11+/t13-/m1/s1. The number of halogens is 1. The molecule has 2 aromatic rings. The van der Waals surface area contributed by atoms with Crippen LogP contribution in [-0.4, -0.2) is 23.8 Å². The van der Waals surface area contributed by atoms with Gasteiger partial charge in [-0.05, 0) is 48.2 Å². The molecule has 2 aromatic carbocycles. The Kier molecular flexibility index (Phi) is 7.01. The van der Waals surface area contributed by atoms with E-state index in [1.54, 1.807) is 18.2 Å². The number of aromatic hydroxyl groups is 1. The molecule has 0 saturated carbocycles. The zero-order valence-corrected chi connectivity index (χ0v) is 15.8. The van der Waals surface area contributed by atoms with Gasteiger partial charge in [-0.3, -0.25) is 4.79 Å². The molecule has 25 heavy (non-hydrogen) atoms. The first-order valence-corrected chi connectivity index (χ1v) is 8.82. The first kappa shape index (κ1) is 19.0. The molecule has 6 heteroatoms. The fraction of sp³-hybridized carbons (Fsp3) is 0.263. The van der Waals surface area contributed by atoms with Crippen molar-refractivity contribution in [1.29, 1.82) is 0 Å².